The number of benzene rings is 2. The van der Waals surface area contributed by atoms with E-state index in [1.807, 2.05) is 55.6 Å². The van der Waals surface area contributed by atoms with Gasteiger partial charge in [-0.05, 0) is 55.1 Å². The molecule has 140 valence electrons. The topological polar surface area (TPSA) is 49.4 Å². The zero-order chi connectivity index (χ0) is 19.8. The molecule has 0 bridgehead atoms. The summed E-state index contributed by atoms with van der Waals surface area (Å²) in [7, 11) is 0. The first-order chi connectivity index (χ1) is 13.5. The summed E-state index contributed by atoms with van der Waals surface area (Å²) in [5.41, 5.74) is 3.85. The fourth-order valence-corrected chi connectivity index (χ4v) is 3.97. The molecule has 1 N–H and O–H groups in total. The van der Waals surface area contributed by atoms with Gasteiger partial charge in [0.15, 0.2) is 0 Å². The molecule has 0 saturated heterocycles. The Morgan fingerprint density at radius 2 is 1.71 bits per heavy atom. The Morgan fingerprint density at radius 3 is 2.36 bits per heavy atom. The maximum atomic E-state index is 13.2. The second kappa shape index (κ2) is 7.26. The molecule has 28 heavy (non-hydrogen) atoms. The quantitative estimate of drug-likeness (QED) is 0.587. The van der Waals surface area contributed by atoms with Crippen LogP contribution in [-0.2, 0) is 9.59 Å². The lowest BCUT2D eigenvalue weighted by molar-refractivity contribution is -0.120. The minimum atomic E-state index is -0.395. The summed E-state index contributed by atoms with van der Waals surface area (Å²) >= 11 is 7.65. The van der Waals surface area contributed by atoms with Gasteiger partial charge in [-0.25, -0.2) is 4.90 Å². The predicted molar refractivity (Wildman–Crippen MR) is 115 cm³/mol. The van der Waals surface area contributed by atoms with Gasteiger partial charge in [0.1, 0.15) is 5.70 Å². The Bertz CT molecular complexity index is 1100. The zero-order valence-corrected chi connectivity index (χ0v) is 16.9. The van der Waals surface area contributed by atoms with Crippen LogP contribution in [0.1, 0.15) is 16.0 Å². The van der Waals surface area contributed by atoms with E-state index in [1.165, 1.54) is 16.2 Å². The molecule has 0 fully saturated rings. The van der Waals surface area contributed by atoms with E-state index in [4.69, 9.17) is 11.6 Å². The van der Waals surface area contributed by atoms with Crippen molar-refractivity contribution in [2.24, 2.45) is 0 Å². The Labute approximate surface area is 172 Å². The van der Waals surface area contributed by atoms with Crippen molar-refractivity contribution in [3.63, 3.8) is 0 Å². The monoisotopic (exact) mass is 408 g/mol. The Morgan fingerprint density at radius 1 is 0.964 bits per heavy atom. The molecule has 0 spiro atoms. The lowest BCUT2D eigenvalue weighted by atomic mass is 10.1. The predicted octanol–water partition coefficient (Wildman–Crippen LogP) is 5.41. The summed E-state index contributed by atoms with van der Waals surface area (Å²) in [6, 6.07) is 16.6. The Kier molecular flexibility index (Phi) is 4.79. The standard InChI is InChI=1S/C22H17ClN2O2S/c1-13-5-8-15(9-6-13)24-20-19(18-4-3-11-28-18)21(26)25(22(20)27)16-10-7-14(2)17(23)12-16/h3-12,24H,1-2H3. The molecule has 0 aliphatic carbocycles. The number of rotatable bonds is 4. The molecule has 1 aliphatic heterocycles. The van der Waals surface area contributed by atoms with Gasteiger partial charge in [0.2, 0.25) is 0 Å². The summed E-state index contributed by atoms with van der Waals surface area (Å²) < 4.78 is 0. The smallest absolute Gasteiger partial charge is 0.282 e. The highest BCUT2D eigenvalue weighted by atomic mass is 35.5. The van der Waals surface area contributed by atoms with Crippen molar-refractivity contribution in [3.05, 3.63) is 86.7 Å². The largest absolute Gasteiger partial charge is 0.350 e. The van der Waals surface area contributed by atoms with Crippen LogP contribution in [0.15, 0.2) is 65.7 Å². The van der Waals surface area contributed by atoms with Gasteiger partial charge in [0.25, 0.3) is 11.8 Å². The third kappa shape index (κ3) is 3.23. The van der Waals surface area contributed by atoms with Crippen molar-refractivity contribution >= 4 is 51.7 Å². The number of carbonyl (C=O) groups is 2. The van der Waals surface area contributed by atoms with Crippen LogP contribution in [-0.4, -0.2) is 11.8 Å². The van der Waals surface area contributed by atoms with Gasteiger partial charge in [-0.15, -0.1) is 11.3 Å². The lowest BCUT2D eigenvalue weighted by Crippen LogP contribution is -2.32. The van der Waals surface area contributed by atoms with Crippen LogP contribution >= 0.6 is 22.9 Å². The molecule has 2 aromatic carbocycles. The summed E-state index contributed by atoms with van der Waals surface area (Å²) in [4.78, 5) is 28.4. The molecule has 1 aromatic heterocycles. The first kappa shape index (κ1) is 18.5. The number of anilines is 2. The van der Waals surface area contributed by atoms with Crippen molar-refractivity contribution < 1.29 is 9.59 Å². The van der Waals surface area contributed by atoms with Gasteiger partial charge in [-0.1, -0.05) is 41.4 Å². The number of imide groups is 1. The lowest BCUT2D eigenvalue weighted by Gasteiger charge is -2.16. The average Bonchev–Trinajstić information content (AvgIpc) is 3.27. The van der Waals surface area contributed by atoms with Crippen LogP contribution in [0.25, 0.3) is 5.57 Å². The average molecular weight is 409 g/mol. The first-order valence-electron chi connectivity index (χ1n) is 8.72. The number of hydrogen-bond acceptors (Lipinski definition) is 4. The van der Waals surface area contributed by atoms with E-state index in [9.17, 15) is 9.59 Å². The van der Waals surface area contributed by atoms with Crippen molar-refractivity contribution in [3.8, 4) is 0 Å². The summed E-state index contributed by atoms with van der Waals surface area (Å²) in [5, 5.41) is 5.55. The molecule has 4 nitrogen and oxygen atoms in total. The molecule has 0 saturated carbocycles. The molecule has 1 aliphatic rings. The van der Waals surface area contributed by atoms with Crippen LogP contribution in [0.4, 0.5) is 11.4 Å². The van der Waals surface area contributed by atoms with E-state index in [1.54, 1.807) is 18.2 Å². The molecule has 4 rings (SSSR count). The highest BCUT2D eigenvalue weighted by Crippen LogP contribution is 2.36. The Balaban J connectivity index is 1.79. The molecular weight excluding hydrogens is 392 g/mol. The highest BCUT2D eigenvalue weighted by molar-refractivity contribution is 7.11. The van der Waals surface area contributed by atoms with E-state index in [0.717, 1.165) is 21.7 Å². The molecule has 2 amide bonds. The van der Waals surface area contributed by atoms with E-state index in [0.29, 0.717) is 16.3 Å². The number of halogens is 1. The number of nitrogens with one attached hydrogen (secondary N) is 1. The summed E-state index contributed by atoms with van der Waals surface area (Å²) in [6.07, 6.45) is 0. The highest BCUT2D eigenvalue weighted by Gasteiger charge is 2.40. The molecule has 6 heteroatoms. The van der Waals surface area contributed by atoms with Crippen LogP contribution in [0.3, 0.4) is 0 Å². The van der Waals surface area contributed by atoms with Gasteiger partial charge in [0, 0.05) is 15.6 Å². The van der Waals surface area contributed by atoms with Crippen molar-refractivity contribution in [2.75, 3.05) is 10.2 Å². The summed E-state index contributed by atoms with van der Waals surface area (Å²) in [5.74, 6) is -0.754. The van der Waals surface area contributed by atoms with Crippen molar-refractivity contribution in [1.82, 2.24) is 0 Å². The zero-order valence-electron chi connectivity index (χ0n) is 15.3. The number of hydrogen-bond donors (Lipinski definition) is 1. The number of amides is 2. The van der Waals surface area contributed by atoms with E-state index in [-0.39, 0.29) is 11.6 Å². The number of nitrogens with zero attached hydrogens (tertiary/aromatic N) is 1. The van der Waals surface area contributed by atoms with Gasteiger partial charge < -0.3 is 5.32 Å². The fraction of sp³-hybridized carbons (Fsp3) is 0.0909. The van der Waals surface area contributed by atoms with Gasteiger partial charge in [-0.2, -0.15) is 0 Å². The first-order valence-corrected chi connectivity index (χ1v) is 9.98. The van der Waals surface area contributed by atoms with Gasteiger partial charge >= 0.3 is 0 Å². The number of carbonyl (C=O) groups excluding carboxylic acids is 2. The van der Waals surface area contributed by atoms with Crippen molar-refractivity contribution in [1.29, 1.82) is 0 Å². The number of thiophene rings is 1. The van der Waals surface area contributed by atoms with Crippen LogP contribution in [0.2, 0.25) is 5.02 Å². The van der Waals surface area contributed by atoms with Crippen LogP contribution in [0, 0.1) is 13.8 Å². The van der Waals surface area contributed by atoms with E-state index >= 15 is 0 Å². The SMILES string of the molecule is Cc1ccc(NC2=C(c3cccs3)C(=O)N(c3ccc(C)c(Cl)c3)C2=O)cc1. The molecule has 3 aromatic rings. The Hall–Kier alpha value is -2.89. The van der Waals surface area contributed by atoms with Crippen LogP contribution < -0.4 is 10.2 Å². The fourth-order valence-electron chi connectivity index (χ4n) is 3.03. The van der Waals surface area contributed by atoms with Gasteiger partial charge in [0.05, 0.1) is 11.3 Å². The normalized spacial score (nSPS) is 14.2. The minimum absolute atomic E-state index is 0.271. The maximum absolute atomic E-state index is 13.2. The summed E-state index contributed by atoms with van der Waals surface area (Å²) in [6.45, 7) is 3.87. The van der Waals surface area contributed by atoms with E-state index < -0.39 is 5.91 Å². The maximum Gasteiger partial charge on any atom is 0.282 e. The molecule has 0 atom stereocenters. The van der Waals surface area contributed by atoms with E-state index in [2.05, 4.69) is 5.32 Å². The molecule has 0 unspecified atom stereocenters. The van der Waals surface area contributed by atoms with Gasteiger partial charge in [-0.3, -0.25) is 9.59 Å². The van der Waals surface area contributed by atoms with Crippen LogP contribution in [0.5, 0.6) is 0 Å². The third-order valence-electron chi connectivity index (χ3n) is 4.59. The molecule has 2 heterocycles. The molecular formula is C22H17ClN2O2S. The van der Waals surface area contributed by atoms with Crippen molar-refractivity contribution in [2.45, 2.75) is 13.8 Å². The second-order valence-electron chi connectivity index (χ2n) is 6.60. The third-order valence-corrected chi connectivity index (χ3v) is 5.88. The molecule has 0 radical (unpaired) electrons. The number of aryl methyl sites for hydroxylation is 2. The second-order valence-corrected chi connectivity index (χ2v) is 7.95. The minimum Gasteiger partial charge on any atom is -0.350 e.